The second-order valence-electron chi connectivity index (χ2n) is 5.05. The minimum atomic E-state index is 0.730. The molecule has 0 saturated heterocycles. The fraction of sp³-hybridized carbons (Fsp3) is 0. The van der Waals surface area contributed by atoms with Crippen molar-refractivity contribution in [3.63, 3.8) is 0 Å². The van der Waals surface area contributed by atoms with E-state index in [4.69, 9.17) is 0 Å². The zero-order valence-electron chi connectivity index (χ0n) is 14.1. The van der Waals surface area contributed by atoms with Gasteiger partial charge in [-0.1, -0.05) is 72.5 Å². The van der Waals surface area contributed by atoms with Crippen LogP contribution in [0.1, 0.15) is 22.3 Å². The normalized spacial score (nSPS) is 10.3. The average molecular weight is 336 g/mol. The molecule has 0 aromatic heterocycles. The van der Waals surface area contributed by atoms with Gasteiger partial charge in [0.15, 0.2) is 0 Å². The van der Waals surface area contributed by atoms with Crippen LogP contribution in [0.4, 0.5) is 0 Å². The summed E-state index contributed by atoms with van der Waals surface area (Å²) in [6, 6.07) is 15.3. The Bertz CT molecular complexity index is 984. The zero-order chi connectivity index (χ0) is 18.5. The Kier molecular flexibility index (Phi) is 7.68. The van der Waals surface area contributed by atoms with E-state index in [1.165, 1.54) is 12.2 Å². The third-order valence-electron chi connectivity index (χ3n) is 3.31. The molecule has 0 aliphatic heterocycles. The molecule has 0 fully saturated rings. The van der Waals surface area contributed by atoms with Crippen LogP contribution in [0.15, 0.2) is 72.8 Å². The van der Waals surface area contributed by atoms with Crippen LogP contribution in [0.3, 0.4) is 0 Å². The van der Waals surface area contributed by atoms with Gasteiger partial charge in [-0.2, -0.15) is 0 Å². The van der Waals surface area contributed by atoms with Crippen LogP contribution in [0.25, 0.3) is 12.2 Å². The molecule has 2 aromatic carbocycles. The maximum Gasteiger partial charge on any atom is 0.142 e. The summed E-state index contributed by atoms with van der Waals surface area (Å²) in [6.45, 7) is 0. The predicted molar refractivity (Wildman–Crippen MR) is 106 cm³/mol. The van der Waals surface area contributed by atoms with Crippen LogP contribution in [0.5, 0.6) is 0 Å². The number of carbonyl (C=O) groups excluding carboxylic acids is 2. The highest BCUT2D eigenvalue weighted by Crippen LogP contribution is 2.10. The third-order valence-corrected chi connectivity index (χ3v) is 3.31. The molecule has 124 valence electrons. The van der Waals surface area contributed by atoms with Gasteiger partial charge >= 0.3 is 0 Å². The van der Waals surface area contributed by atoms with E-state index in [0.29, 0.717) is 0 Å². The van der Waals surface area contributed by atoms with Crippen molar-refractivity contribution in [3.05, 3.63) is 95.1 Å². The smallest absolute Gasteiger partial charge is 0.142 e. The molecule has 0 N–H and O–H groups in total. The van der Waals surface area contributed by atoms with E-state index in [0.717, 1.165) is 34.8 Å². The summed E-state index contributed by atoms with van der Waals surface area (Å²) in [5.41, 5.74) is 3.49. The summed E-state index contributed by atoms with van der Waals surface area (Å²) < 4.78 is 0. The maximum absolute atomic E-state index is 10.5. The van der Waals surface area contributed by atoms with Gasteiger partial charge in [0.2, 0.25) is 0 Å². The molecule has 2 aromatic rings. The first kappa shape index (κ1) is 18.5. The summed E-state index contributed by atoms with van der Waals surface area (Å²) in [5, 5.41) is 0. The van der Waals surface area contributed by atoms with Gasteiger partial charge < -0.3 is 0 Å². The molecule has 0 aliphatic carbocycles. The van der Waals surface area contributed by atoms with Gasteiger partial charge in [0, 0.05) is 11.1 Å². The lowest BCUT2D eigenvalue weighted by atomic mass is 10.1. The molecule has 0 radical (unpaired) electrons. The van der Waals surface area contributed by atoms with Crippen molar-refractivity contribution in [2.45, 2.75) is 0 Å². The lowest BCUT2D eigenvalue weighted by Gasteiger charge is -1.96. The van der Waals surface area contributed by atoms with Gasteiger partial charge in [-0.05, 0) is 47.3 Å². The molecular weight excluding hydrogens is 320 g/mol. The first-order valence-corrected chi connectivity index (χ1v) is 7.95. The Morgan fingerprint density at radius 2 is 1.08 bits per heavy atom. The second kappa shape index (κ2) is 10.8. The highest BCUT2D eigenvalue weighted by molar-refractivity contribution is 5.75. The summed E-state index contributed by atoms with van der Waals surface area (Å²) in [4.78, 5) is 20.8. The van der Waals surface area contributed by atoms with Crippen LogP contribution in [-0.4, -0.2) is 12.6 Å². The molecular formula is C24H16O2. The first-order chi connectivity index (χ1) is 12.8. The third kappa shape index (κ3) is 5.96. The molecule has 0 heterocycles. The van der Waals surface area contributed by atoms with Crippen LogP contribution in [0, 0.1) is 23.7 Å². The van der Waals surface area contributed by atoms with E-state index in [-0.39, 0.29) is 0 Å². The van der Waals surface area contributed by atoms with Gasteiger partial charge in [-0.25, -0.2) is 0 Å². The highest BCUT2D eigenvalue weighted by Gasteiger charge is 1.94. The zero-order valence-corrected chi connectivity index (χ0v) is 14.1. The van der Waals surface area contributed by atoms with E-state index in [1.807, 2.05) is 54.6 Å². The van der Waals surface area contributed by atoms with E-state index >= 15 is 0 Å². The largest absolute Gasteiger partial charge is 0.299 e. The van der Waals surface area contributed by atoms with E-state index < -0.39 is 0 Å². The Morgan fingerprint density at radius 3 is 1.62 bits per heavy atom. The number of hydrogen-bond acceptors (Lipinski definition) is 2. The monoisotopic (exact) mass is 336 g/mol. The van der Waals surface area contributed by atoms with E-state index in [9.17, 15) is 9.59 Å². The standard InChI is InChI=1S/C24H16O2/c25-19-9-1-2-11-21-12-3-4-13-22(21)14-5-6-15-23-16-7-8-17-24(23)18-10-20-26/h1-4,7-13,16-20H/b9-1+,11-2+,18-10+. The lowest BCUT2D eigenvalue weighted by molar-refractivity contribution is -0.104. The quantitative estimate of drug-likeness (QED) is 0.357. The molecule has 0 spiro atoms. The van der Waals surface area contributed by atoms with Gasteiger partial charge in [-0.3, -0.25) is 9.59 Å². The van der Waals surface area contributed by atoms with E-state index in [2.05, 4.69) is 23.7 Å². The lowest BCUT2D eigenvalue weighted by Crippen LogP contribution is -1.81. The number of hydrogen-bond donors (Lipinski definition) is 0. The summed E-state index contributed by atoms with van der Waals surface area (Å²) >= 11 is 0. The SMILES string of the molecule is O=C/C=C/C=C/c1ccccc1C#CC#Cc1ccccc1/C=C/C=O. The molecule has 0 atom stereocenters. The first-order valence-electron chi connectivity index (χ1n) is 7.95. The molecule has 0 aliphatic rings. The fourth-order valence-electron chi connectivity index (χ4n) is 2.12. The van der Waals surface area contributed by atoms with Gasteiger partial charge in [-0.15, -0.1) is 0 Å². The number of rotatable bonds is 5. The molecule has 2 heteroatoms. The van der Waals surface area contributed by atoms with Crippen molar-refractivity contribution >= 4 is 24.7 Å². The molecule has 0 bridgehead atoms. The second-order valence-corrected chi connectivity index (χ2v) is 5.05. The maximum atomic E-state index is 10.5. The van der Waals surface area contributed by atoms with Crippen molar-refractivity contribution in [1.82, 2.24) is 0 Å². The predicted octanol–water partition coefficient (Wildman–Crippen LogP) is 4.07. The Morgan fingerprint density at radius 1 is 0.577 bits per heavy atom. The number of aldehydes is 2. The van der Waals surface area contributed by atoms with Crippen molar-refractivity contribution in [2.75, 3.05) is 0 Å². The Hall–Kier alpha value is -3.88. The van der Waals surface area contributed by atoms with Crippen LogP contribution < -0.4 is 0 Å². The van der Waals surface area contributed by atoms with Crippen LogP contribution >= 0.6 is 0 Å². The number of carbonyl (C=O) groups is 2. The van der Waals surface area contributed by atoms with E-state index in [1.54, 1.807) is 18.2 Å². The molecule has 2 nitrogen and oxygen atoms in total. The van der Waals surface area contributed by atoms with Crippen molar-refractivity contribution < 1.29 is 9.59 Å². The van der Waals surface area contributed by atoms with Crippen LogP contribution in [-0.2, 0) is 9.59 Å². The number of allylic oxidation sites excluding steroid dienone is 4. The van der Waals surface area contributed by atoms with Crippen molar-refractivity contribution in [2.24, 2.45) is 0 Å². The van der Waals surface area contributed by atoms with Gasteiger partial charge in [0.05, 0.1) is 0 Å². The van der Waals surface area contributed by atoms with Crippen molar-refractivity contribution in [3.8, 4) is 23.7 Å². The summed E-state index contributed by atoms with van der Waals surface area (Å²) in [5.74, 6) is 11.8. The van der Waals surface area contributed by atoms with Gasteiger partial charge in [0.1, 0.15) is 12.6 Å². The topological polar surface area (TPSA) is 34.1 Å². The molecule has 0 amide bonds. The summed E-state index contributed by atoms with van der Waals surface area (Å²) in [7, 11) is 0. The Labute approximate surface area is 153 Å². The minimum Gasteiger partial charge on any atom is -0.299 e. The fourth-order valence-corrected chi connectivity index (χ4v) is 2.12. The number of benzene rings is 2. The summed E-state index contributed by atoms with van der Waals surface area (Å²) in [6.07, 6.45) is 11.4. The molecule has 0 saturated carbocycles. The highest BCUT2D eigenvalue weighted by atomic mass is 16.1. The minimum absolute atomic E-state index is 0.730. The Balaban J connectivity index is 2.23. The molecule has 2 rings (SSSR count). The van der Waals surface area contributed by atoms with Gasteiger partial charge in [0.25, 0.3) is 0 Å². The average Bonchev–Trinajstić information content (AvgIpc) is 2.68. The van der Waals surface area contributed by atoms with Crippen molar-refractivity contribution in [1.29, 1.82) is 0 Å². The molecule has 0 unspecified atom stereocenters. The molecule has 26 heavy (non-hydrogen) atoms. The van der Waals surface area contributed by atoms with Crippen LogP contribution in [0.2, 0.25) is 0 Å².